The van der Waals surface area contributed by atoms with Crippen LogP contribution in [0.15, 0.2) is 18.2 Å². The van der Waals surface area contributed by atoms with Gasteiger partial charge in [-0.05, 0) is 37.6 Å². The molecular formula is C12H12ClFN2O. The van der Waals surface area contributed by atoms with E-state index in [0.717, 1.165) is 5.69 Å². The number of halogens is 2. The Balaban J connectivity index is 2.59. The number of aryl methyl sites for hydroxylation is 1. The number of nitrogens with zero attached hydrogens (tertiary/aromatic N) is 2. The van der Waals surface area contributed by atoms with Gasteiger partial charge in [-0.1, -0.05) is 11.6 Å². The fraction of sp³-hybridized carbons (Fsp3) is 0.250. The molecule has 3 nitrogen and oxygen atoms in total. The van der Waals surface area contributed by atoms with Crippen molar-refractivity contribution in [3.05, 3.63) is 46.0 Å². The van der Waals surface area contributed by atoms with Gasteiger partial charge in [0.25, 0.3) is 0 Å². The van der Waals surface area contributed by atoms with Crippen molar-refractivity contribution in [2.75, 3.05) is 0 Å². The van der Waals surface area contributed by atoms with E-state index in [9.17, 15) is 4.39 Å². The van der Waals surface area contributed by atoms with Gasteiger partial charge in [0.2, 0.25) is 0 Å². The van der Waals surface area contributed by atoms with Crippen molar-refractivity contribution in [2.45, 2.75) is 20.5 Å². The fourth-order valence-corrected chi connectivity index (χ4v) is 1.84. The average molecular weight is 255 g/mol. The molecule has 1 aromatic carbocycles. The zero-order chi connectivity index (χ0) is 12.6. The van der Waals surface area contributed by atoms with Crippen LogP contribution in [0.25, 0.3) is 5.69 Å². The van der Waals surface area contributed by atoms with Crippen LogP contribution in [0.1, 0.15) is 17.0 Å². The van der Waals surface area contributed by atoms with Crippen molar-refractivity contribution >= 4 is 11.6 Å². The van der Waals surface area contributed by atoms with E-state index in [4.69, 9.17) is 16.7 Å². The third-order valence-corrected chi connectivity index (χ3v) is 3.12. The molecule has 0 amide bonds. The van der Waals surface area contributed by atoms with Crippen molar-refractivity contribution in [3.63, 3.8) is 0 Å². The van der Waals surface area contributed by atoms with Gasteiger partial charge in [0, 0.05) is 0 Å². The van der Waals surface area contributed by atoms with E-state index in [-0.39, 0.29) is 6.61 Å². The minimum Gasteiger partial charge on any atom is -0.392 e. The Bertz CT molecular complexity index is 566. The Morgan fingerprint density at radius 3 is 2.59 bits per heavy atom. The minimum atomic E-state index is -0.407. The first-order valence-corrected chi connectivity index (χ1v) is 5.53. The van der Waals surface area contributed by atoms with Crippen LogP contribution in [0.5, 0.6) is 0 Å². The Hall–Kier alpha value is -1.39. The van der Waals surface area contributed by atoms with Crippen LogP contribution in [0, 0.1) is 19.7 Å². The van der Waals surface area contributed by atoms with Crippen molar-refractivity contribution in [3.8, 4) is 5.69 Å². The lowest BCUT2D eigenvalue weighted by Crippen LogP contribution is -2.01. The third kappa shape index (κ3) is 2.18. The predicted molar refractivity (Wildman–Crippen MR) is 63.9 cm³/mol. The quantitative estimate of drug-likeness (QED) is 0.895. The summed E-state index contributed by atoms with van der Waals surface area (Å²) < 4.78 is 14.9. The molecule has 0 bridgehead atoms. The molecule has 0 aliphatic rings. The average Bonchev–Trinajstić information content (AvgIpc) is 2.56. The molecule has 0 spiro atoms. The summed E-state index contributed by atoms with van der Waals surface area (Å²) in [5, 5.41) is 13.8. The monoisotopic (exact) mass is 254 g/mol. The molecule has 17 heavy (non-hydrogen) atoms. The van der Waals surface area contributed by atoms with Gasteiger partial charge >= 0.3 is 0 Å². The largest absolute Gasteiger partial charge is 0.392 e. The molecule has 0 fully saturated rings. The molecule has 1 N–H and O–H groups in total. The molecule has 2 rings (SSSR count). The normalized spacial score (nSPS) is 10.9. The number of aromatic nitrogens is 2. The van der Waals surface area contributed by atoms with Gasteiger partial charge in [-0.15, -0.1) is 0 Å². The minimum absolute atomic E-state index is 0.211. The lowest BCUT2D eigenvalue weighted by atomic mass is 10.2. The molecular weight excluding hydrogens is 243 g/mol. The van der Waals surface area contributed by atoms with Crippen molar-refractivity contribution < 1.29 is 9.50 Å². The lowest BCUT2D eigenvalue weighted by Gasteiger charge is -2.06. The molecule has 0 saturated carbocycles. The van der Waals surface area contributed by atoms with E-state index < -0.39 is 5.82 Å². The first-order valence-electron chi connectivity index (χ1n) is 5.15. The summed E-state index contributed by atoms with van der Waals surface area (Å²) in [5.41, 5.74) is 2.50. The van der Waals surface area contributed by atoms with Gasteiger partial charge in [0.15, 0.2) is 0 Å². The molecule has 0 saturated heterocycles. The van der Waals surface area contributed by atoms with E-state index in [0.29, 0.717) is 22.0 Å². The maximum Gasteiger partial charge on any atom is 0.125 e. The first-order chi connectivity index (χ1) is 8.02. The topological polar surface area (TPSA) is 38.0 Å². The van der Waals surface area contributed by atoms with Crippen LogP contribution in [-0.4, -0.2) is 14.9 Å². The Morgan fingerprint density at radius 1 is 1.35 bits per heavy atom. The highest BCUT2D eigenvalue weighted by Gasteiger charge is 2.11. The van der Waals surface area contributed by atoms with E-state index in [2.05, 4.69) is 5.10 Å². The summed E-state index contributed by atoms with van der Waals surface area (Å²) in [7, 11) is 0. The van der Waals surface area contributed by atoms with E-state index in [1.54, 1.807) is 17.7 Å². The number of hydrogen-bond donors (Lipinski definition) is 1. The number of hydrogen-bond acceptors (Lipinski definition) is 2. The fourth-order valence-electron chi connectivity index (χ4n) is 1.72. The lowest BCUT2D eigenvalue weighted by molar-refractivity contribution is 0.281. The zero-order valence-corrected chi connectivity index (χ0v) is 10.3. The van der Waals surface area contributed by atoms with Gasteiger partial charge in [-0.25, -0.2) is 9.07 Å². The van der Waals surface area contributed by atoms with Gasteiger partial charge in [0.05, 0.1) is 28.7 Å². The molecule has 5 heteroatoms. The van der Waals surface area contributed by atoms with Crippen LogP contribution in [0.2, 0.25) is 5.02 Å². The Labute approximate surface area is 103 Å². The number of rotatable bonds is 2. The Morgan fingerprint density at radius 2 is 2.06 bits per heavy atom. The second-order valence-electron chi connectivity index (χ2n) is 3.87. The first kappa shape index (κ1) is 12.1. The summed E-state index contributed by atoms with van der Waals surface area (Å²) in [5.74, 6) is -0.407. The van der Waals surface area contributed by atoms with E-state index in [1.165, 1.54) is 12.1 Å². The van der Waals surface area contributed by atoms with Crippen LogP contribution in [0.4, 0.5) is 4.39 Å². The molecule has 1 aromatic heterocycles. The molecule has 90 valence electrons. The van der Waals surface area contributed by atoms with Crippen LogP contribution in [-0.2, 0) is 6.61 Å². The molecule has 1 heterocycles. The van der Waals surface area contributed by atoms with E-state index >= 15 is 0 Å². The second kappa shape index (κ2) is 4.47. The van der Waals surface area contributed by atoms with Crippen LogP contribution >= 0.6 is 11.6 Å². The molecule has 0 aliphatic carbocycles. The predicted octanol–water partition coefficient (Wildman–Crippen LogP) is 2.77. The molecule has 0 radical (unpaired) electrons. The highest BCUT2D eigenvalue weighted by Crippen LogP contribution is 2.23. The number of aliphatic hydroxyl groups is 1. The van der Waals surface area contributed by atoms with Crippen molar-refractivity contribution in [1.29, 1.82) is 0 Å². The Kier molecular flexibility index (Phi) is 3.17. The number of benzene rings is 1. The summed E-state index contributed by atoms with van der Waals surface area (Å²) in [4.78, 5) is 0. The van der Waals surface area contributed by atoms with Gasteiger partial charge in [0.1, 0.15) is 5.82 Å². The third-order valence-electron chi connectivity index (χ3n) is 2.57. The smallest absolute Gasteiger partial charge is 0.125 e. The summed E-state index contributed by atoms with van der Waals surface area (Å²) >= 11 is 6.04. The highest BCUT2D eigenvalue weighted by atomic mass is 35.5. The van der Waals surface area contributed by atoms with Crippen molar-refractivity contribution in [1.82, 2.24) is 9.78 Å². The van der Waals surface area contributed by atoms with Gasteiger partial charge < -0.3 is 5.11 Å². The van der Waals surface area contributed by atoms with Gasteiger partial charge in [-0.2, -0.15) is 5.10 Å². The van der Waals surface area contributed by atoms with E-state index in [1.807, 2.05) is 6.92 Å². The van der Waals surface area contributed by atoms with Crippen molar-refractivity contribution in [2.24, 2.45) is 0 Å². The SMILES string of the molecule is Cc1nn(-c2cc(F)cc(CO)c2)c(C)c1Cl. The molecule has 2 aromatic rings. The molecule has 0 atom stereocenters. The van der Waals surface area contributed by atoms with Crippen LogP contribution < -0.4 is 0 Å². The highest BCUT2D eigenvalue weighted by molar-refractivity contribution is 6.31. The standard InChI is InChI=1S/C12H12ClFN2O/c1-7-12(13)8(2)16(15-7)11-4-9(6-17)3-10(14)5-11/h3-5,17H,6H2,1-2H3. The summed E-state index contributed by atoms with van der Waals surface area (Å²) in [6, 6.07) is 4.32. The maximum atomic E-state index is 13.4. The van der Waals surface area contributed by atoms with Crippen LogP contribution in [0.3, 0.4) is 0 Å². The number of aliphatic hydroxyl groups excluding tert-OH is 1. The molecule has 0 unspecified atom stereocenters. The summed E-state index contributed by atoms with van der Waals surface area (Å²) in [6.07, 6.45) is 0. The zero-order valence-electron chi connectivity index (χ0n) is 9.54. The maximum absolute atomic E-state index is 13.4. The molecule has 0 aliphatic heterocycles. The second-order valence-corrected chi connectivity index (χ2v) is 4.25. The van der Waals surface area contributed by atoms with Gasteiger partial charge in [-0.3, -0.25) is 0 Å². The summed E-state index contributed by atoms with van der Waals surface area (Å²) in [6.45, 7) is 3.39.